The van der Waals surface area contributed by atoms with Crippen molar-refractivity contribution in [1.82, 2.24) is 10.3 Å². The number of anilines is 1. The summed E-state index contributed by atoms with van der Waals surface area (Å²) in [5.41, 5.74) is 2.07. The van der Waals surface area contributed by atoms with Crippen LogP contribution in [-0.4, -0.2) is 23.3 Å². The third-order valence-electron chi connectivity index (χ3n) is 3.84. The molecule has 0 fully saturated rings. The summed E-state index contributed by atoms with van der Waals surface area (Å²) in [5.74, 6) is -0.635. The number of hydrogen-bond acceptors (Lipinski definition) is 5. The van der Waals surface area contributed by atoms with Crippen molar-refractivity contribution in [2.24, 2.45) is 0 Å². The minimum Gasteiger partial charge on any atom is -0.351 e. The number of carbonyl (C=O) groups is 2. The molecule has 140 valence electrons. The smallest absolute Gasteiger partial charge is 0.252 e. The molecule has 5 nitrogen and oxygen atoms in total. The van der Waals surface area contributed by atoms with Crippen molar-refractivity contribution in [3.05, 3.63) is 68.6 Å². The monoisotopic (exact) mass is 403 g/mol. The van der Waals surface area contributed by atoms with E-state index in [0.29, 0.717) is 22.7 Å². The number of rotatable bonds is 7. The predicted octanol–water partition coefficient (Wildman–Crippen LogP) is 4.00. The highest BCUT2D eigenvalue weighted by molar-refractivity contribution is 7.15. The molecule has 3 aromatic rings. The lowest BCUT2D eigenvalue weighted by molar-refractivity contribution is -0.116. The van der Waals surface area contributed by atoms with Gasteiger partial charge in [0, 0.05) is 41.4 Å². The fourth-order valence-electron chi connectivity index (χ4n) is 2.36. The number of amides is 2. The van der Waals surface area contributed by atoms with Gasteiger partial charge in [0.25, 0.3) is 5.91 Å². The van der Waals surface area contributed by atoms with E-state index >= 15 is 0 Å². The highest BCUT2D eigenvalue weighted by Gasteiger charge is 2.10. The van der Waals surface area contributed by atoms with Crippen LogP contribution in [0.2, 0.25) is 0 Å². The van der Waals surface area contributed by atoms with Gasteiger partial charge in [0.15, 0.2) is 5.13 Å². The molecule has 0 unspecified atom stereocenters. The Balaban J connectivity index is 1.46. The van der Waals surface area contributed by atoms with E-state index < -0.39 is 0 Å². The number of thiazole rings is 1. The fraction of sp³-hybridized carbons (Fsp3) is 0.211. The van der Waals surface area contributed by atoms with Crippen LogP contribution in [0.1, 0.15) is 32.8 Å². The van der Waals surface area contributed by atoms with Crippen LogP contribution in [0.5, 0.6) is 0 Å². The molecule has 0 aliphatic rings. The van der Waals surface area contributed by atoms with Gasteiger partial charge in [-0.05, 0) is 35.6 Å². The van der Waals surface area contributed by atoms with Crippen molar-refractivity contribution in [2.45, 2.75) is 19.8 Å². The average Bonchev–Trinajstić information content (AvgIpc) is 3.30. The zero-order chi connectivity index (χ0) is 19.2. The van der Waals surface area contributed by atoms with Crippen molar-refractivity contribution < 1.29 is 14.0 Å². The number of thiophene rings is 1. The quantitative estimate of drug-likeness (QED) is 0.626. The third kappa shape index (κ3) is 5.45. The third-order valence-corrected chi connectivity index (χ3v) is 5.43. The normalized spacial score (nSPS) is 10.6. The fourth-order valence-corrected chi connectivity index (χ4v) is 3.86. The van der Waals surface area contributed by atoms with Gasteiger partial charge in [0.1, 0.15) is 5.82 Å². The molecule has 0 aliphatic heterocycles. The molecule has 3 rings (SSSR count). The Labute approximate surface area is 164 Å². The lowest BCUT2D eigenvalue weighted by Crippen LogP contribution is -2.27. The van der Waals surface area contributed by atoms with Crippen molar-refractivity contribution in [3.8, 4) is 0 Å². The summed E-state index contributed by atoms with van der Waals surface area (Å²) >= 11 is 2.80. The summed E-state index contributed by atoms with van der Waals surface area (Å²) in [6.45, 7) is 1.98. The first-order valence-corrected chi connectivity index (χ1v) is 10.1. The number of hydrogen-bond donors (Lipinski definition) is 2. The van der Waals surface area contributed by atoms with Gasteiger partial charge in [0.2, 0.25) is 5.91 Å². The van der Waals surface area contributed by atoms with Crippen LogP contribution in [0, 0.1) is 12.7 Å². The van der Waals surface area contributed by atoms with Crippen molar-refractivity contribution in [1.29, 1.82) is 0 Å². The SMILES string of the molecule is Cc1ccc(Cc2cnc(NC(=O)CCNC(=O)c3ccsc3)s2)cc1F. The Bertz CT molecular complexity index is 938. The van der Waals surface area contributed by atoms with E-state index in [1.165, 1.54) is 28.7 Å². The highest BCUT2D eigenvalue weighted by Crippen LogP contribution is 2.22. The second kappa shape index (κ2) is 8.88. The Morgan fingerprint density at radius 2 is 2.11 bits per heavy atom. The molecule has 2 N–H and O–H groups in total. The highest BCUT2D eigenvalue weighted by atomic mass is 32.1. The van der Waals surface area contributed by atoms with Gasteiger partial charge in [-0.2, -0.15) is 11.3 Å². The molecule has 0 saturated carbocycles. The largest absolute Gasteiger partial charge is 0.351 e. The summed E-state index contributed by atoms with van der Waals surface area (Å²) in [6.07, 6.45) is 2.39. The molecule has 0 saturated heterocycles. The number of aryl methyl sites for hydroxylation is 1. The number of halogens is 1. The maximum absolute atomic E-state index is 13.6. The second-order valence-electron chi connectivity index (χ2n) is 5.96. The maximum Gasteiger partial charge on any atom is 0.252 e. The molecule has 2 amide bonds. The summed E-state index contributed by atoms with van der Waals surface area (Å²) in [7, 11) is 0. The Morgan fingerprint density at radius 1 is 1.26 bits per heavy atom. The predicted molar refractivity (Wildman–Crippen MR) is 106 cm³/mol. The molecule has 0 atom stereocenters. The van der Waals surface area contributed by atoms with Crippen LogP contribution in [0.4, 0.5) is 9.52 Å². The summed E-state index contributed by atoms with van der Waals surface area (Å²) in [5, 5.41) is 9.50. The summed E-state index contributed by atoms with van der Waals surface area (Å²) in [6, 6.07) is 6.88. The standard InChI is InChI=1S/C19H18FN3O2S2/c1-12-2-3-13(9-16(12)20)8-15-10-22-19(27-15)23-17(24)4-6-21-18(25)14-5-7-26-11-14/h2-3,5,7,9-11H,4,6,8H2,1H3,(H,21,25)(H,22,23,24). The molecule has 2 aromatic heterocycles. The Hall–Kier alpha value is -2.58. The minimum absolute atomic E-state index is 0.161. The second-order valence-corrected chi connectivity index (χ2v) is 7.85. The van der Waals surface area contributed by atoms with Crippen LogP contribution >= 0.6 is 22.7 Å². The zero-order valence-electron chi connectivity index (χ0n) is 14.6. The molecule has 27 heavy (non-hydrogen) atoms. The van der Waals surface area contributed by atoms with Gasteiger partial charge < -0.3 is 10.6 Å². The number of aromatic nitrogens is 1. The molecule has 2 heterocycles. The van der Waals surface area contributed by atoms with Gasteiger partial charge in [-0.3, -0.25) is 9.59 Å². The Morgan fingerprint density at radius 3 is 2.85 bits per heavy atom. The lowest BCUT2D eigenvalue weighted by atomic mass is 10.1. The number of nitrogens with zero attached hydrogens (tertiary/aromatic N) is 1. The first kappa shape index (κ1) is 19.2. The van der Waals surface area contributed by atoms with Crippen LogP contribution < -0.4 is 10.6 Å². The molecule has 0 radical (unpaired) electrons. The van der Waals surface area contributed by atoms with E-state index in [-0.39, 0.29) is 30.6 Å². The molecule has 8 heteroatoms. The van der Waals surface area contributed by atoms with Gasteiger partial charge in [-0.25, -0.2) is 9.37 Å². The molecule has 0 bridgehead atoms. The average molecular weight is 404 g/mol. The molecule has 1 aromatic carbocycles. The van der Waals surface area contributed by atoms with Crippen molar-refractivity contribution >= 4 is 39.6 Å². The van der Waals surface area contributed by atoms with E-state index in [1.54, 1.807) is 30.6 Å². The zero-order valence-corrected chi connectivity index (χ0v) is 16.3. The Kier molecular flexibility index (Phi) is 6.31. The molecular weight excluding hydrogens is 385 g/mol. The number of nitrogens with one attached hydrogen (secondary N) is 2. The first-order valence-electron chi connectivity index (χ1n) is 8.31. The van der Waals surface area contributed by atoms with Crippen molar-refractivity contribution in [2.75, 3.05) is 11.9 Å². The molecular formula is C19H18FN3O2S2. The van der Waals surface area contributed by atoms with Gasteiger partial charge >= 0.3 is 0 Å². The van der Waals surface area contributed by atoms with E-state index in [0.717, 1.165) is 10.4 Å². The van der Waals surface area contributed by atoms with Crippen LogP contribution in [-0.2, 0) is 11.2 Å². The molecule has 0 spiro atoms. The lowest BCUT2D eigenvalue weighted by Gasteiger charge is -2.04. The van der Waals surface area contributed by atoms with Crippen molar-refractivity contribution in [3.63, 3.8) is 0 Å². The van der Waals surface area contributed by atoms with Crippen LogP contribution in [0.25, 0.3) is 0 Å². The van der Waals surface area contributed by atoms with Gasteiger partial charge in [0.05, 0.1) is 0 Å². The topological polar surface area (TPSA) is 71.1 Å². The minimum atomic E-state index is -0.227. The maximum atomic E-state index is 13.6. The number of carbonyl (C=O) groups excluding carboxylic acids is 2. The summed E-state index contributed by atoms with van der Waals surface area (Å²) < 4.78 is 13.6. The van der Waals surface area contributed by atoms with E-state index in [4.69, 9.17) is 0 Å². The van der Waals surface area contributed by atoms with Gasteiger partial charge in [-0.1, -0.05) is 12.1 Å². The van der Waals surface area contributed by atoms with E-state index in [9.17, 15) is 14.0 Å². The van der Waals surface area contributed by atoms with Crippen LogP contribution in [0.15, 0.2) is 41.2 Å². The van der Waals surface area contributed by atoms with E-state index in [1.807, 2.05) is 11.4 Å². The first-order chi connectivity index (χ1) is 13.0. The van der Waals surface area contributed by atoms with Gasteiger partial charge in [-0.15, -0.1) is 11.3 Å². The molecule has 0 aliphatic carbocycles. The summed E-state index contributed by atoms with van der Waals surface area (Å²) in [4.78, 5) is 28.9. The van der Waals surface area contributed by atoms with Crippen LogP contribution in [0.3, 0.4) is 0 Å². The number of benzene rings is 1. The van der Waals surface area contributed by atoms with E-state index in [2.05, 4.69) is 15.6 Å².